The maximum absolute atomic E-state index is 12.5. The molecule has 0 spiro atoms. The number of esters is 1. The molecule has 0 saturated carbocycles. The molecular weight excluding hydrogens is 372 g/mol. The number of hydrogen-bond acceptors (Lipinski definition) is 5. The Bertz CT molecular complexity index is 859. The van der Waals surface area contributed by atoms with Gasteiger partial charge in [0.1, 0.15) is 17.9 Å². The number of nitrogens with one attached hydrogen (secondary N) is 2. The molecule has 0 heterocycles. The first-order valence-electron chi connectivity index (χ1n) is 9.25. The fourth-order valence-electron chi connectivity index (χ4n) is 2.36. The predicted octanol–water partition coefficient (Wildman–Crippen LogP) is 3.44. The van der Waals surface area contributed by atoms with Crippen LogP contribution in [0.25, 0.3) is 0 Å². The van der Waals surface area contributed by atoms with Gasteiger partial charge in [0.05, 0.1) is 0 Å². The Hall–Kier alpha value is -3.35. The van der Waals surface area contributed by atoms with Crippen molar-refractivity contribution in [1.29, 1.82) is 0 Å². The lowest BCUT2D eigenvalue weighted by molar-refractivity contribution is -0.127. The van der Waals surface area contributed by atoms with E-state index in [-0.39, 0.29) is 12.2 Å². The van der Waals surface area contributed by atoms with Crippen LogP contribution in [0.4, 0.5) is 4.79 Å². The maximum Gasteiger partial charge on any atom is 0.342 e. The molecule has 0 aliphatic heterocycles. The summed E-state index contributed by atoms with van der Waals surface area (Å²) in [6.45, 7) is 7.03. The van der Waals surface area contributed by atoms with Crippen molar-refractivity contribution in [3.05, 3.63) is 65.7 Å². The summed E-state index contributed by atoms with van der Waals surface area (Å²) in [7, 11) is 0. The number of para-hydroxylation sites is 1. The Morgan fingerprint density at radius 1 is 0.966 bits per heavy atom. The Labute approximate surface area is 170 Å². The summed E-state index contributed by atoms with van der Waals surface area (Å²) in [6, 6.07) is 15.5. The molecule has 154 valence electrons. The molecule has 7 nitrogen and oxygen atoms in total. The SMILES string of the molecule is CC(OC(=O)c1ccccc1OCc1ccccc1)C(=O)NC(=O)NC(C)(C)C. The van der Waals surface area contributed by atoms with E-state index in [9.17, 15) is 14.4 Å². The zero-order valence-corrected chi connectivity index (χ0v) is 17.0. The smallest absolute Gasteiger partial charge is 0.342 e. The van der Waals surface area contributed by atoms with Crippen LogP contribution in [0.15, 0.2) is 54.6 Å². The first-order valence-corrected chi connectivity index (χ1v) is 9.25. The highest BCUT2D eigenvalue weighted by molar-refractivity contribution is 5.99. The standard InChI is InChI=1S/C22H26N2O5/c1-15(19(25)23-21(27)24-22(2,3)4)29-20(26)17-12-8-9-13-18(17)28-14-16-10-6-5-7-11-16/h5-13,15H,14H2,1-4H3,(H2,23,24,25,27). The van der Waals surface area contributed by atoms with Gasteiger partial charge in [0.25, 0.3) is 5.91 Å². The lowest BCUT2D eigenvalue weighted by Crippen LogP contribution is -2.50. The Morgan fingerprint density at radius 2 is 1.59 bits per heavy atom. The Balaban J connectivity index is 1.97. The van der Waals surface area contributed by atoms with Gasteiger partial charge in [0.15, 0.2) is 6.10 Å². The summed E-state index contributed by atoms with van der Waals surface area (Å²) in [5, 5.41) is 4.76. The van der Waals surface area contributed by atoms with Crippen molar-refractivity contribution >= 4 is 17.9 Å². The van der Waals surface area contributed by atoms with Gasteiger partial charge in [-0.25, -0.2) is 9.59 Å². The van der Waals surface area contributed by atoms with Crippen LogP contribution in [0.1, 0.15) is 43.6 Å². The third kappa shape index (κ3) is 7.29. The number of carbonyl (C=O) groups excluding carboxylic acids is 3. The first kappa shape index (κ1) is 21.9. The molecule has 0 fully saturated rings. The monoisotopic (exact) mass is 398 g/mol. The van der Waals surface area contributed by atoms with Crippen LogP contribution >= 0.6 is 0 Å². The van der Waals surface area contributed by atoms with E-state index in [0.29, 0.717) is 5.75 Å². The molecule has 0 aromatic heterocycles. The fourth-order valence-corrected chi connectivity index (χ4v) is 2.36. The quantitative estimate of drug-likeness (QED) is 0.727. The van der Waals surface area contributed by atoms with Crippen LogP contribution < -0.4 is 15.4 Å². The molecular formula is C22H26N2O5. The van der Waals surface area contributed by atoms with Crippen molar-refractivity contribution in [3.8, 4) is 5.75 Å². The largest absolute Gasteiger partial charge is 0.488 e. The minimum absolute atomic E-state index is 0.197. The summed E-state index contributed by atoms with van der Waals surface area (Å²) < 4.78 is 11.0. The van der Waals surface area contributed by atoms with Gasteiger partial charge in [-0.05, 0) is 45.4 Å². The minimum Gasteiger partial charge on any atom is -0.488 e. The number of ether oxygens (including phenoxy) is 2. The topological polar surface area (TPSA) is 93.7 Å². The third-order valence-electron chi connectivity index (χ3n) is 3.72. The van der Waals surface area contributed by atoms with Gasteiger partial charge in [0, 0.05) is 5.54 Å². The van der Waals surface area contributed by atoms with E-state index in [2.05, 4.69) is 10.6 Å². The maximum atomic E-state index is 12.5. The normalized spacial score (nSPS) is 11.9. The van der Waals surface area contributed by atoms with E-state index in [1.54, 1.807) is 45.0 Å². The number of imide groups is 1. The molecule has 1 unspecified atom stereocenters. The van der Waals surface area contributed by atoms with E-state index in [1.165, 1.54) is 6.92 Å². The molecule has 2 aromatic rings. The predicted molar refractivity (Wildman–Crippen MR) is 109 cm³/mol. The molecule has 0 radical (unpaired) electrons. The molecule has 7 heteroatoms. The summed E-state index contributed by atoms with van der Waals surface area (Å²) in [5.41, 5.74) is 0.648. The van der Waals surface area contributed by atoms with Crippen molar-refractivity contribution in [3.63, 3.8) is 0 Å². The molecule has 0 aliphatic rings. The van der Waals surface area contributed by atoms with Crippen molar-refractivity contribution in [1.82, 2.24) is 10.6 Å². The summed E-state index contributed by atoms with van der Waals surface area (Å²) in [6.07, 6.45) is -1.16. The van der Waals surface area contributed by atoms with Crippen molar-refractivity contribution in [2.45, 2.75) is 45.9 Å². The van der Waals surface area contributed by atoms with Crippen LogP contribution in [0.5, 0.6) is 5.75 Å². The number of hydrogen-bond donors (Lipinski definition) is 2. The summed E-state index contributed by atoms with van der Waals surface area (Å²) >= 11 is 0. The lowest BCUT2D eigenvalue weighted by Gasteiger charge is -2.21. The Morgan fingerprint density at radius 3 is 2.24 bits per heavy atom. The molecule has 2 N–H and O–H groups in total. The van der Waals surface area contributed by atoms with E-state index in [4.69, 9.17) is 9.47 Å². The lowest BCUT2D eigenvalue weighted by atomic mass is 10.1. The molecule has 0 saturated heterocycles. The van der Waals surface area contributed by atoms with Gasteiger partial charge in [-0.3, -0.25) is 10.1 Å². The molecule has 29 heavy (non-hydrogen) atoms. The molecule has 0 aliphatic carbocycles. The van der Waals surface area contributed by atoms with Crippen LogP contribution in [0.2, 0.25) is 0 Å². The van der Waals surface area contributed by atoms with E-state index >= 15 is 0 Å². The van der Waals surface area contributed by atoms with Crippen LogP contribution in [0, 0.1) is 0 Å². The zero-order valence-electron chi connectivity index (χ0n) is 17.0. The third-order valence-corrected chi connectivity index (χ3v) is 3.72. The highest BCUT2D eigenvalue weighted by Gasteiger charge is 2.24. The van der Waals surface area contributed by atoms with E-state index in [0.717, 1.165) is 5.56 Å². The molecule has 2 aromatic carbocycles. The molecule has 1 atom stereocenters. The number of benzene rings is 2. The Kier molecular flexibility index (Phi) is 7.36. The minimum atomic E-state index is -1.16. The highest BCUT2D eigenvalue weighted by Crippen LogP contribution is 2.21. The van der Waals surface area contributed by atoms with Gasteiger partial charge in [-0.2, -0.15) is 0 Å². The summed E-state index contributed by atoms with van der Waals surface area (Å²) in [5.74, 6) is -1.09. The van der Waals surface area contributed by atoms with Crippen molar-refractivity contribution in [2.24, 2.45) is 0 Å². The fraction of sp³-hybridized carbons (Fsp3) is 0.318. The highest BCUT2D eigenvalue weighted by atomic mass is 16.5. The van der Waals surface area contributed by atoms with Crippen LogP contribution in [0.3, 0.4) is 0 Å². The second-order valence-electron chi connectivity index (χ2n) is 7.51. The van der Waals surface area contributed by atoms with Crippen LogP contribution in [-0.2, 0) is 16.1 Å². The average Bonchev–Trinajstić information content (AvgIpc) is 2.65. The van der Waals surface area contributed by atoms with Crippen molar-refractivity contribution in [2.75, 3.05) is 0 Å². The van der Waals surface area contributed by atoms with Gasteiger partial charge in [-0.15, -0.1) is 0 Å². The number of urea groups is 1. The average molecular weight is 398 g/mol. The van der Waals surface area contributed by atoms with Crippen LogP contribution in [-0.4, -0.2) is 29.6 Å². The van der Waals surface area contributed by atoms with Gasteiger partial charge >= 0.3 is 12.0 Å². The molecule has 2 rings (SSSR count). The van der Waals surface area contributed by atoms with Gasteiger partial charge < -0.3 is 14.8 Å². The number of rotatable bonds is 6. The van der Waals surface area contributed by atoms with E-state index in [1.807, 2.05) is 30.3 Å². The number of carbonyl (C=O) groups is 3. The van der Waals surface area contributed by atoms with Gasteiger partial charge in [-0.1, -0.05) is 42.5 Å². The first-order chi connectivity index (χ1) is 13.7. The molecule has 3 amide bonds. The second kappa shape index (κ2) is 9.73. The second-order valence-corrected chi connectivity index (χ2v) is 7.51. The zero-order chi connectivity index (χ0) is 21.4. The van der Waals surface area contributed by atoms with E-state index < -0.39 is 29.6 Å². The van der Waals surface area contributed by atoms with Gasteiger partial charge in [0.2, 0.25) is 0 Å². The summed E-state index contributed by atoms with van der Waals surface area (Å²) in [4.78, 5) is 36.4. The number of amides is 3. The van der Waals surface area contributed by atoms with Crippen molar-refractivity contribution < 1.29 is 23.9 Å². The molecule has 0 bridgehead atoms.